The third kappa shape index (κ3) is 14.6. The van der Waals surface area contributed by atoms with Crippen LogP contribution in [0.4, 0.5) is 41.1 Å². The molecule has 4 amide bonds. The molecule has 3 fully saturated rings. The van der Waals surface area contributed by atoms with Crippen molar-refractivity contribution in [1.29, 1.82) is 10.5 Å². The zero-order chi connectivity index (χ0) is 57.6. The van der Waals surface area contributed by atoms with Crippen molar-refractivity contribution < 1.29 is 64.5 Å². The number of unbranched alkanes of at least 4 members (excludes halogenated alkanes) is 2. The van der Waals surface area contributed by atoms with E-state index < -0.39 is 86.6 Å². The summed E-state index contributed by atoms with van der Waals surface area (Å²) in [5, 5.41) is 38.0. The second kappa shape index (κ2) is 26.7. The summed E-state index contributed by atoms with van der Waals surface area (Å²) in [7, 11) is 0. The number of fused-ring (bicyclic) bond motifs is 2. The van der Waals surface area contributed by atoms with Crippen molar-refractivity contribution in [3.8, 4) is 23.6 Å². The fourth-order valence-electron chi connectivity index (χ4n) is 9.74. The Bertz CT molecular complexity index is 3040. The number of carbonyl (C=O) groups is 4. The van der Waals surface area contributed by atoms with E-state index in [0.717, 1.165) is 22.6 Å². The first-order valence-electron chi connectivity index (χ1n) is 27.0. The summed E-state index contributed by atoms with van der Waals surface area (Å²) in [5.41, 5.74) is 1.49. The number of likely N-dealkylation sites (tertiary alicyclic amines) is 2. The van der Waals surface area contributed by atoms with E-state index in [4.69, 9.17) is 27.8 Å². The predicted molar refractivity (Wildman–Crippen MR) is 288 cm³/mol. The summed E-state index contributed by atoms with van der Waals surface area (Å²) in [6.07, 6.45) is 4.28. The molecule has 2 atom stereocenters. The molecule has 82 heavy (non-hydrogen) atoms. The molecule has 6 aromatic rings. The highest BCUT2D eigenvalue weighted by atomic mass is 19.3. The number of carbonyl (C=O) groups excluding carboxylic acids is 4. The number of nitriles is 2. The number of amides is 4. The summed E-state index contributed by atoms with van der Waals surface area (Å²) >= 11 is 0. The zero-order valence-electron chi connectivity index (χ0n) is 44.7. The first-order chi connectivity index (χ1) is 39.7. The highest BCUT2D eigenvalue weighted by Gasteiger charge is 2.48. The van der Waals surface area contributed by atoms with Crippen LogP contribution in [0.25, 0.3) is 21.8 Å². The minimum Gasteiger partial charge on any atom is -0.494 e. The monoisotopic (exact) mass is 1140 g/mol. The quantitative estimate of drug-likeness (QED) is 0.0290. The molecule has 28 heteroatoms. The van der Waals surface area contributed by atoms with E-state index in [1.165, 1.54) is 24.5 Å². The minimum absolute atomic E-state index is 0.224. The second-order valence-electron chi connectivity index (χ2n) is 19.9. The van der Waals surface area contributed by atoms with Gasteiger partial charge >= 0.3 is 23.5 Å². The molecule has 0 unspecified atom stereocenters. The van der Waals surface area contributed by atoms with Gasteiger partial charge in [0.1, 0.15) is 23.6 Å². The SMILES string of the molecule is N#C[C@@H]1CC(F)(F)CN1C(=O)CNC(=O)c1ccnc2ccc(OCCCCNc3ooc3N3CCNCCN(c4ooc4NCCCCOc4ccc5nccc(C(=O)NCC(=O)N6CC(F)(F)C[C@H]6C#N)c5c4)CCNCC3)cc12. The maximum absolute atomic E-state index is 13.9. The average Bonchev–Trinajstić information content (AvgIpc) is 3.96. The number of aromatic nitrogens is 2. The molecule has 4 aromatic heterocycles. The van der Waals surface area contributed by atoms with E-state index in [2.05, 4.69) is 51.7 Å². The lowest BCUT2D eigenvalue weighted by molar-refractivity contribution is -0.132. The van der Waals surface area contributed by atoms with Crippen LogP contribution in [0.2, 0.25) is 0 Å². The topological polar surface area (TPSA) is 298 Å². The normalized spacial score (nSPS) is 18.3. The molecule has 436 valence electrons. The van der Waals surface area contributed by atoms with E-state index in [1.54, 1.807) is 48.5 Å². The van der Waals surface area contributed by atoms with Gasteiger partial charge in [0.2, 0.25) is 11.8 Å². The summed E-state index contributed by atoms with van der Waals surface area (Å²) in [6.45, 7) is 4.40. The van der Waals surface area contributed by atoms with Crippen LogP contribution in [0.15, 0.2) is 79.2 Å². The summed E-state index contributed by atoms with van der Waals surface area (Å²) < 4.78 is 89.1. The number of alkyl halides is 4. The highest BCUT2D eigenvalue weighted by Crippen LogP contribution is 2.35. The molecule has 24 nitrogen and oxygen atoms in total. The van der Waals surface area contributed by atoms with Crippen LogP contribution < -0.4 is 51.2 Å². The Morgan fingerprint density at radius 1 is 0.610 bits per heavy atom. The fourth-order valence-corrected chi connectivity index (χ4v) is 9.74. The van der Waals surface area contributed by atoms with Crippen LogP contribution >= 0.6 is 0 Å². The number of halogens is 4. The third-order valence-corrected chi connectivity index (χ3v) is 14.0. The van der Waals surface area contributed by atoms with Crippen LogP contribution in [0.5, 0.6) is 11.5 Å². The molecule has 0 spiro atoms. The Hall–Kier alpha value is -8.76. The second-order valence-corrected chi connectivity index (χ2v) is 19.9. The van der Waals surface area contributed by atoms with Gasteiger partial charge in [-0.1, -0.05) is 0 Å². The van der Waals surface area contributed by atoms with Crippen LogP contribution in [0.1, 0.15) is 59.2 Å². The van der Waals surface area contributed by atoms with Crippen molar-refractivity contribution >= 4 is 69.0 Å². The molecule has 7 heterocycles. The van der Waals surface area contributed by atoms with Gasteiger partial charge in [-0.15, -0.1) is 0 Å². The molecule has 6 N–H and O–H groups in total. The molecule has 2 aromatic carbocycles. The van der Waals surface area contributed by atoms with Gasteiger partial charge in [0.05, 0.1) is 73.7 Å². The molecule has 0 aliphatic carbocycles. The zero-order valence-corrected chi connectivity index (χ0v) is 44.7. The Morgan fingerprint density at radius 3 is 1.40 bits per heavy atom. The number of pyridine rings is 2. The van der Waals surface area contributed by atoms with E-state index in [0.29, 0.717) is 148 Å². The van der Waals surface area contributed by atoms with E-state index in [1.807, 2.05) is 0 Å². The maximum atomic E-state index is 13.9. The van der Waals surface area contributed by atoms with Crippen molar-refractivity contribution in [3.05, 3.63) is 72.1 Å². The predicted octanol–water partition coefficient (Wildman–Crippen LogP) is 5.18. The van der Waals surface area contributed by atoms with E-state index in [-0.39, 0.29) is 11.1 Å². The molecule has 9 rings (SSSR count). The van der Waals surface area contributed by atoms with Crippen LogP contribution in [-0.4, -0.2) is 172 Å². The van der Waals surface area contributed by atoms with E-state index in [9.17, 15) is 47.3 Å². The number of nitrogens with one attached hydrogen (secondary N) is 6. The van der Waals surface area contributed by atoms with Gasteiger partial charge < -0.3 is 61.0 Å². The first kappa shape index (κ1) is 57.9. The van der Waals surface area contributed by atoms with Crippen molar-refractivity contribution in [2.45, 2.75) is 62.5 Å². The smallest absolute Gasteiger partial charge is 0.311 e. The molecular formula is C54H62F4N14O10. The molecule has 0 saturated carbocycles. The number of ether oxygens (including phenoxy) is 2. The van der Waals surface area contributed by atoms with Crippen molar-refractivity contribution in [1.82, 2.24) is 41.0 Å². The van der Waals surface area contributed by atoms with Gasteiger partial charge in [0.25, 0.3) is 23.7 Å². The van der Waals surface area contributed by atoms with Gasteiger partial charge in [0, 0.05) is 101 Å². The number of hydrogen-bond donors (Lipinski definition) is 6. The molecule has 0 radical (unpaired) electrons. The van der Waals surface area contributed by atoms with E-state index >= 15 is 0 Å². The van der Waals surface area contributed by atoms with Gasteiger partial charge in [-0.25, -0.2) is 17.6 Å². The number of anilines is 4. The number of nitrogens with zero attached hydrogens (tertiary/aromatic N) is 8. The minimum atomic E-state index is -3.16. The lowest BCUT2D eigenvalue weighted by Gasteiger charge is -2.28. The molecule has 3 aliphatic rings. The Kier molecular flexibility index (Phi) is 18.8. The Balaban J connectivity index is 0.646. The molecular weight excluding hydrogens is 1080 g/mol. The fraction of sp³-hybridized carbons (Fsp3) is 0.481. The van der Waals surface area contributed by atoms with Gasteiger partial charge in [-0.05, 0) is 74.2 Å². The third-order valence-electron chi connectivity index (χ3n) is 14.0. The van der Waals surface area contributed by atoms with Gasteiger partial charge in [0.15, 0.2) is 0 Å². The summed E-state index contributed by atoms with van der Waals surface area (Å²) in [6, 6.07) is 14.2. The van der Waals surface area contributed by atoms with Gasteiger partial charge in [-0.2, -0.15) is 10.5 Å². The summed E-state index contributed by atoms with van der Waals surface area (Å²) in [5.74, 6) is -5.72. The van der Waals surface area contributed by atoms with Crippen LogP contribution in [0.3, 0.4) is 0 Å². The van der Waals surface area contributed by atoms with Crippen LogP contribution in [-0.2, 0) is 9.59 Å². The Morgan fingerprint density at radius 2 is 1.02 bits per heavy atom. The lowest BCUT2D eigenvalue weighted by Crippen LogP contribution is -2.44. The largest absolute Gasteiger partial charge is 0.494 e. The molecule has 0 bridgehead atoms. The highest BCUT2D eigenvalue weighted by molar-refractivity contribution is 6.08. The average molecular weight is 1140 g/mol. The number of benzene rings is 2. The molecule has 3 saturated heterocycles. The lowest BCUT2D eigenvalue weighted by atomic mass is 10.1. The molecule has 3 aliphatic heterocycles. The maximum Gasteiger partial charge on any atom is 0.311 e. The summed E-state index contributed by atoms with van der Waals surface area (Å²) in [4.78, 5) is 66.1. The van der Waals surface area contributed by atoms with Gasteiger partial charge in [-0.3, -0.25) is 47.5 Å². The van der Waals surface area contributed by atoms with Crippen molar-refractivity contribution in [2.75, 3.05) is 125 Å². The standard InChI is InChI=1S/C54H62F4N14O10/c55-53(56)27-35(29-59)71(33-53)45(73)31-67-47(75)39-9-13-63-43-7-5-37(25-41(39)43)77-23-3-1-11-65-49-51(81-79-49)69-19-15-61-17-21-70(22-18-62-16-20-69)52-50(80-82-52)66-12-2-4-24-78-38-6-8-44-42(26-38)40(10-14-64-44)48(76)68-32-46(74)72-34-54(57,58)28-36(72)30-60/h5-10,13-14,25-26,35-36,61-62,65-66H,1-4,11-12,15-24,27-28,31-34H2,(H,67,75)(H,68,76)/t35-,36-/m0/s1. The number of hydrogen-bond acceptors (Lipinski definition) is 20. The van der Waals surface area contributed by atoms with Crippen molar-refractivity contribution in [2.24, 2.45) is 0 Å². The van der Waals surface area contributed by atoms with Crippen LogP contribution in [0, 0.1) is 22.7 Å². The number of rotatable bonds is 22. The van der Waals surface area contributed by atoms with Crippen molar-refractivity contribution in [3.63, 3.8) is 0 Å². The first-order valence-corrected chi connectivity index (χ1v) is 27.0. The Labute approximate surface area is 467 Å².